The Kier molecular flexibility index (Phi) is 11.6. The Bertz CT molecular complexity index is 327. The Morgan fingerprint density at radius 3 is 1.96 bits per heavy atom. The highest BCUT2D eigenvalue weighted by Crippen LogP contribution is 2.27. The molecule has 1 saturated carbocycles. The maximum Gasteiger partial charge on any atom is 0.138 e. The van der Waals surface area contributed by atoms with E-state index >= 15 is 0 Å². The molecule has 0 aromatic heterocycles. The van der Waals surface area contributed by atoms with Gasteiger partial charge in [0.15, 0.2) is 0 Å². The topological polar surface area (TPSA) is 57.5 Å². The average Bonchev–Trinajstić information content (AvgIpc) is 2.52. The van der Waals surface area contributed by atoms with Crippen molar-refractivity contribution in [2.45, 2.75) is 116 Å². The summed E-state index contributed by atoms with van der Waals surface area (Å²) < 4.78 is 0. The average molecular weight is 341 g/mol. The Hall–Kier alpha value is -0.410. The number of aliphatic hydroxyl groups excluding tert-OH is 2. The molecule has 0 bridgehead atoms. The van der Waals surface area contributed by atoms with Gasteiger partial charge in [-0.3, -0.25) is 4.79 Å². The Balaban J connectivity index is 1.90. The fraction of sp³-hybridized carbons (Fsp3) is 0.952. The molecule has 2 N–H and O–H groups in total. The first kappa shape index (κ1) is 21.6. The van der Waals surface area contributed by atoms with Crippen LogP contribution in [0.4, 0.5) is 0 Å². The first-order valence-corrected chi connectivity index (χ1v) is 10.4. The van der Waals surface area contributed by atoms with E-state index < -0.39 is 12.2 Å². The van der Waals surface area contributed by atoms with Crippen LogP contribution in [0, 0.1) is 11.8 Å². The number of hydrogen-bond donors (Lipinski definition) is 2. The lowest BCUT2D eigenvalue weighted by Gasteiger charge is -2.29. The number of hydrogen-bond acceptors (Lipinski definition) is 3. The molecule has 0 heterocycles. The van der Waals surface area contributed by atoms with Gasteiger partial charge in [0.25, 0.3) is 0 Å². The van der Waals surface area contributed by atoms with E-state index in [-0.39, 0.29) is 11.7 Å². The molecule has 0 aromatic rings. The molecule has 24 heavy (non-hydrogen) atoms. The zero-order valence-corrected chi connectivity index (χ0v) is 16.0. The van der Waals surface area contributed by atoms with Crippen LogP contribution in [0.25, 0.3) is 0 Å². The summed E-state index contributed by atoms with van der Waals surface area (Å²) in [7, 11) is 0. The van der Waals surface area contributed by atoms with Crippen LogP contribution in [0.5, 0.6) is 0 Å². The molecular weight excluding hydrogens is 300 g/mol. The van der Waals surface area contributed by atoms with Crippen LogP contribution in [-0.2, 0) is 4.79 Å². The van der Waals surface area contributed by atoms with Crippen LogP contribution in [0.1, 0.15) is 104 Å². The maximum atomic E-state index is 12.2. The summed E-state index contributed by atoms with van der Waals surface area (Å²) >= 11 is 0. The van der Waals surface area contributed by atoms with Gasteiger partial charge in [0, 0.05) is 12.3 Å². The van der Waals surface area contributed by atoms with E-state index in [1.807, 2.05) is 0 Å². The van der Waals surface area contributed by atoms with Gasteiger partial charge >= 0.3 is 0 Å². The van der Waals surface area contributed by atoms with Crippen LogP contribution >= 0.6 is 0 Å². The van der Waals surface area contributed by atoms with Crippen molar-refractivity contribution in [3.05, 3.63) is 0 Å². The molecule has 1 aliphatic carbocycles. The molecular formula is C21H40O3. The van der Waals surface area contributed by atoms with Gasteiger partial charge < -0.3 is 10.2 Å². The molecule has 0 radical (unpaired) electrons. The largest absolute Gasteiger partial charge is 0.393 e. The summed E-state index contributed by atoms with van der Waals surface area (Å²) in [6.45, 7) is 4.59. The Morgan fingerprint density at radius 1 is 0.875 bits per heavy atom. The highest BCUT2D eigenvalue weighted by molar-refractivity contribution is 5.81. The molecule has 0 aromatic carbocycles. The third-order valence-corrected chi connectivity index (χ3v) is 5.41. The summed E-state index contributed by atoms with van der Waals surface area (Å²) in [5, 5.41) is 19.4. The van der Waals surface area contributed by atoms with E-state index in [1.165, 1.54) is 51.4 Å². The monoisotopic (exact) mass is 340 g/mol. The second kappa shape index (κ2) is 12.9. The summed E-state index contributed by atoms with van der Waals surface area (Å²) in [5.41, 5.74) is 0. The summed E-state index contributed by atoms with van der Waals surface area (Å²) in [6.07, 6.45) is 14.0. The smallest absolute Gasteiger partial charge is 0.138 e. The molecule has 3 unspecified atom stereocenters. The number of carbonyl (C=O) groups is 1. The van der Waals surface area contributed by atoms with Crippen molar-refractivity contribution in [3.63, 3.8) is 0 Å². The fourth-order valence-corrected chi connectivity index (χ4v) is 3.78. The van der Waals surface area contributed by atoms with Gasteiger partial charge in [0.1, 0.15) is 5.78 Å². The van der Waals surface area contributed by atoms with Crippen molar-refractivity contribution in [2.75, 3.05) is 0 Å². The minimum absolute atomic E-state index is 0.208. The first-order valence-electron chi connectivity index (χ1n) is 10.4. The lowest BCUT2D eigenvalue weighted by Crippen LogP contribution is -2.36. The number of carbonyl (C=O) groups excluding carboxylic acids is 1. The van der Waals surface area contributed by atoms with Crippen molar-refractivity contribution in [1.29, 1.82) is 0 Å². The maximum absolute atomic E-state index is 12.2. The SMILES string of the molecule is CC(C)CCCCCCCCCCCC(=O)C1CCC(O)CC1O. The standard InChI is InChI=1S/C21H40O3/c1-17(2)12-10-8-6-4-3-5-7-9-11-13-20(23)19-15-14-18(22)16-21(19)24/h17-19,21-22,24H,3-16H2,1-2H3. The molecule has 1 rings (SSSR count). The molecule has 3 atom stereocenters. The molecule has 1 aliphatic rings. The van der Waals surface area contributed by atoms with Gasteiger partial charge in [-0.05, 0) is 31.6 Å². The van der Waals surface area contributed by atoms with Crippen molar-refractivity contribution in [1.82, 2.24) is 0 Å². The van der Waals surface area contributed by atoms with Crippen LogP contribution in [0.2, 0.25) is 0 Å². The molecule has 3 heteroatoms. The molecule has 0 aliphatic heterocycles. The van der Waals surface area contributed by atoms with Crippen molar-refractivity contribution in [3.8, 4) is 0 Å². The second-order valence-corrected chi connectivity index (χ2v) is 8.22. The van der Waals surface area contributed by atoms with Crippen molar-refractivity contribution in [2.24, 2.45) is 11.8 Å². The van der Waals surface area contributed by atoms with E-state index in [0.29, 0.717) is 25.7 Å². The van der Waals surface area contributed by atoms with Gasteiger partial charge in [-0.25, -0.2) is 0 Å². The van der Waals surface area contributed by atoms with Gasteiger partial charge in [0.2, 0.25) is 0 Å². The van der Waals surface area contributed by atoms with E-state index in [1.54, 1.807) is 0 Å². The number of rotatable bonds is 13. The zero-order valence-electron chi connectivity index (χ0n) is 16.0. The predicted octanol–water partition coefficient (Wildman–Crippen LogP) is 5.02. The van der Waals surface area contributed by atoms with E-state index in [4.69, 9.17) is 0 Å². The minimum atomic E-state index is -0.628. The lowest BCUT2D eigenvalue weighted by atomic mass is 9.81. The highest BCUT2D eigenvalue weighted by atomic mass is 16.3. The van der Waals surface area contributed by atoms with E-state index in [9.17, 15) is 15.0 Å². The third kappa shape index (κ3) is 9.78. The van der Waals surface area contributed by atoms with Gasteiger partial charge in [0.05, 0.1) is 12.2 Å². The quantitative estimate of drug-likeness (QED) is 0.463. The normalized spacial score (nSPS) is 24.5. The number of ketones is 1. The second-order valence-electron chi connectivity index (χ2n) is 8.22. The number of Topliss-reactive ketones (excluding diaryl/α,β-unsaturated/α-hetero) is 1. The Labute approximate surface area is 149 Å². The van der Waals surface area contributed by atoms with Gasteiger partial charge in [-0.15, -0.1) is 0 Å². The van der Waals surface area contributed by atoms with Crippen LogP contribution < -0.4 is 0 Å². The van der Waals surface area contributed by atoms with E-state index in [0.717, 1.165) is 18.8 Å². The predicted molar refractivity (Wildman–Crippen MR) is 100.0 cm³/mol. The van der Waals surface area contributed by atoms with E-state index in [2.05, 4.69) is 13.8 Å². The minimum Gasteiger partial charge on any atom is -0.393 e. The number of aliphatic hydroxyl groups is 2. The molecule has 3 nitrogen and oxygen atoms in total. The fourth-order valence-electron chi connectivity index (χ4n) is 3.78. The third-order valence-electron chi connectivity index (χ3n) is 5.41. The Morgan fingerprint density at radius 2 is 1.42 bits per heavy atom. The van der Waals surface area contributed by atoms with Crippen molar-refractivity contribution >= 4 is 5.78 Å². The van der Waals surface area contributed by atoms with Gasteiger partial charge in [-0.1, -0.05) is 71.6 Å². The van der Waals surface area contributed by atoms with Crippen LogP contribution in [0.15, 0.2) is 0 Å². The summed E-state index contributed by atoms with van der Waals surface area (Å²) in [6, 6.07) is 0. The molecule has 142 valence electrons. The highest BCUT2D eigenvalue weighted by Gasteiger charge is 2.32. The molecule has 0 spiro atoms. The van der Waals surface area contributed by atoms with Crippen molar-refractivity contribution < 1.29 is 15.0 Å². The van der Waals surface area contributed by atoms with Crippen LogP contribution in [-0.4, -0.2) is 28.2 Å². The van der Waals surface area contributed by atoms with Gasteiger partial charge in [-0.2, -0.15) is 0 Å². The van der Waals surface area contributed by atoms with Crippen LogP contribution in [0.3, 0.4) is 0 Å². The summed E-state index contributed by atoms with van der Waals surface area (Å²) in [4.78, 5) is 12.2. The molecule has 0 saturated heterocycles. The zero-order chi connectivity index (χ0) is 17.8. The number of unbranched alkanes of at least 4 members (excludes halogenated alkanes) is 8. The lowest BCUT2D eigenvalue weighted by molar-refractivity contribution is -0.129. The summed E-state index contributed by atoms with van der Waals surface area (Å²) in [5.74, 6) is 0.825. The molecule has 1 fully saturated rings. The molecule has 0 amide bonds. The first-order chi connectivity index (χ1) is 11.5.